The molecule has 1 amide bonds. The second kappa shape index (κ2) is 7.70. The van der Waals surface area contributed by atoms with Gasteiger partial charge in [-0.2, -0.15) is 0 Å². The van der Waals surface area contributed by atoms with Gasteiger partial charge in [0.25, 0.3) is 0 Å². The third-order valence-corrected chi connectivity index (χ3v) is 5.40. The van der Waals surface area contributed by atoms with Gasteiger partial charge in [-0.15, -0.1) is 0 Å². The van der Waals surface area contributed by atoms with E-state index in [1.54, 1.807) is 11.8 Å². The SMILES string of the molecule is CCOC(=O)C1C(=O)N(Cc2ccccc2)c2nc3ccccc3n2C1C(C)C. The van der Waals surface area contributed by atoms with E-state index in [0.717, 1.165) is 16.6 Å². The Morgan fingerprint density at radius 2 is 1.79 bits per heavy atom. The van der Waals surface area contributed by atoms with Crippen molar-refractivity contribution in [3.63, 3.8) is 0 Å². The van der Waals surface area contributed by atoms with Gasteiger partial charge in [-0.1, -0.05) is 56.3 Å². The number of anilines is 1. The van der Waals surface area contributed by atoms with E-state index >= 15 is 0 Å². The molecular formula is C23H25N3O3. The van der Waals surface area contributed by atoms with Gasteiger partial charge in [0, 0.05) is 0 Å². The molecule has 0 aliphatic carbocycles. The minimum absolute atomic E-state index is 0.0450. The van der Waals surface area contributed by atoms with Gasteiger partial charge in [0.1, 0.15) is 0 Å². The lowest BCUT2D eigenvalue weighted by atomic mass is 9.87. The number of nitrogens with zero attached hydrogens (tertiary/aromatic N) is 3. The maximum absolute atomic E-state index is 13.6. The molecule has 150 valence electrons. The molecule has 0 saturated heterocycles. The highest BCUT2D eigenvalue weighted by molar-refractivity contribution is 6.08. The van der Waals surface area contributed by atoms with Crippen LogP contribution in [-0.4, -0.2) is 28.0 Å². The Hall–Kier alpha value is -3.15. The fraction of sp³-hybridized carbons (Fsp3) is 0.348. The number of imidazole rings is 1. The van der Waals surface area contributed by atoms with Crippen LogP contribution in [0.3, 0.4) is 0 Å². The summed E-state index contributed by atoms with van der Waals surface area (Å²) in [6, 6.07) is 17.2. The highest BCUT2D eigenvalue weighted by Gasteiger charge is 2.48. The summed E-state index contributed by atoms with van der Waals surface area (Å²) in [5.41, 5.74) is 2.70. The van der Waals surface area contributed by atoms with Crippen molar-refractivity contribution in [3.05, 3.63) is 60.2 Å². The van der Waals surface area contributed by atoms with Crippen molar-refractivity contribution in [2.45, 2.75) is 33.4 Å². The van der Waals surface area contributed by atoms with E-state index in [1.165, 1.54) is 0 Å². The predicted octanol–water partition coefficient (Wildman–Crippen LogP) is 3.96. The Balaban J connectivity index is 1.91. The van der Waals surface area contributed by atoms with Crippen LogP contribution in [-0.2, 0) is 20.9 Å². The molecule has 4 rings (SSSR count). The van der Waals surface area contributed by atoms with Crippen LogP contribution in [0.2, 0.25) is 0 Å². The first-order valence-corrected chi connectivity index (χ1v) is 10.0. The lowest BCUT2D eigenvalue weighted by Gasteiger charge is -2.39. The van der Waals surface area contributed by atoms with E-state index in [9.17, 15) is 9.59 Å². The highest BCUT2D eigenvalue weighted by atomic mass is 16.5. The van der Waals surface area contributed by atoms with E-state index in [2.05, 4.69) is 0 Å². The second-order valence-electron chi connectivity index (χ2n) is 7.64. The Labute approximate surface area is 170 Å². The molecule has 0 saturated carbocycles. The lowest BCUT2D eigenvalue weighted by Crippen LogP contribution is -2.50. The Morgan fingerprint density at radius 1 is 1.10 bits per heavy atom. The standard InChI is InChI=1S/C23H25N3O3/c1-4-29-22(28)19-20(15(2)3)26-18-13-9-8-12-17(18)24-23(26)25(21(19)27)14-16-10-6-5-7-11-16/h5-13,15,19-20H,4,14H2,1-3H3. The number of hydrogen-bond donors (Lipinski definition) is 0. The first kappa shape index (κ1) is 19.2. The molecule has 2 heterocycles. The molecule has 2 aromatic carbocycles. The number of benzene rings is 2. The average Bonchev–Trinajstić information content (AvgIpc) is 3.09. The molecule has 3 aromatic rings. The van der Waals surface area contributed by atoms with E-state index < -0.39 is 11.9 Å². The van der Waals surface area contributed by atoms with Crippen molar-refractivity contribution in [1.82, 2.24) is 9.55 Å². The zero-order valence-corrected chi connectivity index (χ0v) is 16.9. The van der Waals surface area contributed by atoms with Crippen molar-refractivity contribution in [2.24, 2.45) is 11.8 Å². The molecule has 2 atom stereocenters. The maximum Gasteiger partial charge on any atom is 0.320 e. The Kier molecular flexibility index (Phi) is 5.09. The van der Waals surface area contributed by atoms with Gasteiger partial charge < -0.3 is 9.30 Å². The van der Waals surface area contributed by atoms with Crippen LogP contribution in [0.4, 0.5) is 5.95 Å². The summed E-state index contributed by atoms with van der Waals surface area (Å²) >= 11 is 0. The topological polar surface area (TPSA) is 64.4 Å². The molecule has 2 unspecified atom stereocenters. The molecule has 0 radical (unpaired) electrons. The number of para-hydroxylation sites is 2. The fourth-order valence-electron chi connectivity index (χ4n) is 4.15. The quantitative estimate of drug-likeness (QED) is 0.488. The normalized spacial score (nSPS) is 18.9. The number of carbonyl (C=O) groups excluding carboxylic acids is 2. The number of aromatic nitrogens is 2. The number of rotatable bonds is 5. The third kappa shape index (κ3) is 3.28. The fourth-order valence-corrected chi connectivity index (χ4v) is 4.15. The van der Waals surface area contributed by atoms with E-state index in [-0.39, 0.29) is 24.5 Å². The summed E-state index contributed by atoms with van der Waals surface area (Å²) in [5, 5.41) is 0. The van der Waals surface area contributed by atoms with E-state index in [1.807, 2.05) is 73.0 Å². The number of esters is 1. The average molecular weight is 391 g/mol. The number of carbonyl (C=O) groups is 2. The van der Waals surface area contributed by atoms with Crippen LogP contribution in [0.15, 0.2) is 54.6 Å². The van der Waals surface area contributed by atoms with Crippen molar-refractivity contribution < 1.29 is 14.3 Å². The summed E-state index contributed by atoms with van der Waals surface area (Å²) in [6.07, 6.45) is 0. The summed E-state index contributed by atoms with van der Waals surface area (Å²) in [5.74, 6) is -1.00. The summed E-state index contributed by atoms with van der Waals surface area (Å²) < 4.78 is 7.36. The molecular weight excluding hydrogens is 366 g/mol. The summed E-state index contributed by atoms with van der Waals surface area (Å²) in [6.45, 7) is 6.40. The van der Waals surface area contributed by atoms with Gasteiger partial charge in [-0.25, -0.2) is 4.98 Å². The molecule has 6 heteroatoms. The van der Waals surface area contributed by atoms with Crippen molar-refractivity contribution in [2.75, 3.05) is 11.5 Å². The smallest absolute Gasteiger partial charge is 0.320 e. The van der Waals surface area contributed by atoms with Crippen LogP contribution in [0, 0.1) is 11.8 Å². The molecule has 1 aliphatic rings. The summed E-state index contributed by atoms with van der Waals surface area (Å²) in [7, 11) is 0. The zero-order chi connectivity index (χ0) is 20.5. The molecule has 29 heavy (non-hydrogen) atoms. The number of amides is 1. The van der Waals surface area contributed by atoms with E-state index in [0.29, 0.717) is 12.5 Å². The first-order chi connectivity index (χ1) is 14.0. The molecule has 0 spiro atoms. The number of fused-ring (bicyclic) bond motifs is 3. The number of hydrogen-bond acceptors (Lipinski definition) is 4. The van der Waals surface area contributed by atoms with Crippen LogP contribution in [0.5, 0.6) is 0 Å². The Morgan fingerprint density at radius 3 is 2.48 bits per heavy atom. The van der Waals surface area contributed by atoms with Crippen molar-refractivity contribution in [1.29, 1.82) is 0 Å². The molecule has 0 fully saturated rings. The first-order valence-electron chi connectivity index (χ1n) is 10.0. The monoisotopic (exact) mass is 391 g/mol. The second-order valence-corrected chi connectivity index (χ2v) is 7.64. The van der Waals surface area contributed by atoms with Crippen LogP contribution in [0.1, 0.15) is 32.4 Å². The molecule has 0 bridgehead atoms. The van der Waals surface area contributed by atoms with Gasteiger partial charge in [0.2, 0.25) is 11.9 Å². The highest BCUT2D eigenvalue weighted by Crippen LogP contribution is 2.41. The number of ether oxygens (including phenoxy) is 1. The van der Waals surface area contributed by atoms with Crippen molar-refractivity contribution >= 4 is 28.9 Å². The minimum atomic E-state index is -0.899. The van der Waals surface area contributed by atoms with Crippen LogP contribution in [0.25, 0.3) is 11.0 Å². The molecule has 1 aromatic heterocycles. The third-order valence-electron chi connectivity index (χ3n) is 5.40. The van der Waals surface area contributed by atoms with Gasteiger partial charge in [0.15, 0.2) is 5.92 Å². The van der Waals surface area contributed by atoms with Crippen LogP contribution >= 0.6 is 0 Å². The van der Waals surface area contributed by atoms with Crippen molar-refractivity contribution in [3.8, 4) is 0 Å². The van der Waals surface area contributed by atoms with Gasteiger partial charge in [-0.05, 0) is 30.5 Å². The van der Waals surface area contributed by atoms with E-state index in [4.69, 9.17) is 9.72 Å². The maximum atomic E-state index is 13.6. The minimum Gasteiger partial charge on any atom is -0.465 e. The predicted molar refractivity (Wildman–Crippen MR) is 111 cm³/mol. The molecule has 6 nitrogen and oxygen atoms in total. The largest absolute Gasteiger partial charge is 0.465 e. The van der Waals surface area contributed by atoms with Gasteiger partial charge in [0.05, 0.1) is 30.2 Å². The van der Waals surface area contributed by atoms with Gasteiger partial charge in [-0.3, -0.25) is 14.5 Å². The summed E-state index contributed by atoms with van der Waals surface area (Å²) in [4.78, 5) is 32.8. The molecule has 0 N–H and O–H groups in total. The van der Waals surface area contributed by atoms with Crippen LogP contribution < -0.4 is 4.90 Å². The zero-order valence-electron chi connectivity index (χ0n) is 16.9. The van der Waals surface area contributed by atoms with Gasteiger partial charge >= 0.3 is 5.97 Å². The Bertz CT molecular complexity index is 1040. The lowest BCUT2D eigenvalue weighted by molar-refractivity contribution is -0.154. The molecule has 1 aliphatic heterocycles.